The molecule has 160 valence electrons. The van der Waals surface area contributed by atoms with E-state index in [4.69, 9.17) is 4.74 Å². The highest BCUT2D eigenvalue weighted by Crippen LogP contribution is 2.30. The maximum atomic E-state index is 13.6. The molecule has 0 saturated heterocycles. The summed E-state index contributed by atoms with van der Waals surface area (Å²) in [5, 5.41) is 9.19. The zero-order chi connectivity index (χ0) is 22.2. The molecule has 0 fully saturated rings. The second kappa shape index (κ2) is 7.80. The molecule has 0 aliphatic heterocycles. The first kappa shape index (κ1) is 19.7. The molecule has 5 rings (SSSR count). The van der Waals surface area contributed by atoms with Gasteiger partial charge in [0.25, 0.3) is 0 Å². The van der Waals surface area contributed by atoms with E-state index in [1.807, 2.05) is 0 Å². The SMILES string of the molecule is Fc1cc2ccc(Oc3cncc4nnc(-c5ccc(OC(F)F)cc5)n34)cc2cc1F. The van der Waals surface area contributed by atoms with Crippen molar-refractivity contribution >= 4 is 16.4 Å². The molecule has 32 heavy (non-hydrogen) atoms. The van der Waals surface area contributed by atoms with Crippen molar-refractivity contribution in [3.8, 4) is 28.8 Å². The minimum atomic E-state index is -2.92. The zero-order valence-electron chi connectivity index (χ0n) is 16.0. The maximum absolute atomic E-state index is 13.6. The predicted molar refractivity (Wildman–Crippen MR) is 107 cm³/mol. The quantitative estimate of drug-likeness (QED) is 0.332. The van der Waals surface area contributed by atoms with Crippen molar-refractivity contribution in [2.75, 3.05) is 0 Å². The first-order valence-corrected chi connectivity index (χ1v) is 9.29. The lowest BCUT2D eigenvalue weighted by Crippen LogP contribution is -2.01. The summed E-state index contributed by atoms with van der Waals surface area (Å²) in [5.41, 5.74) is 0.963. The molecule has 6 nitrogen and oxygen atoms in total. The largest absolute Gasteiger partial charge is 0.439 e. The van der Waals surface area contributed by atoms with Crippen LogP contribution < -0.4 is 9.47 Å². The Balaban J connectivity index is 1.53. The number of benzene rings is 3. The number of fused-ring (bicyclic) bond motifs is 2. The second-order valence-electron chi connectivity index (χ2n) is 6.74. The Morgan fingerprint density at radius 1 is 0.781 bits per heavy atom. The highest BCUT2D eigenvalue weighted by molar-refractivity contribution is 5.84. The number of ether oxygens (including phenoxy) is 2. The van der Waals surface area contributed by atoms with E-state index in [2.05, 4.69) is 19.9 Å². The molecule has 0 amide bonds. The Bertz CT molecular complexity index is 1440. The number of hydrogen-bond donors (Lipinski definition) is 0. The van der Waals surface area contributed by atoms with E-state index in [9.17, 15) is 17.6 Å². The molecule has 2 aromatic heterocycles. The van der Waals surface area contributed by atoms with Gasteiger partial charge in [0.2, 0.25) is 5.88 Å². The molecule has 2 heterocycles. The van der Waals surface area contributed by atoms with Crippen LogP contribution in [0.25, 0.3) is 27.8 Å². The zero-order valence-corrected chi connectivity index (χ0v) is 16.0. The lowest BCUT2D eigenvalue weighted by Gasteiger charge is -2.10. The Kier molecular flexibility index (Phi) is 4.81. The second-order valence-corrected chi connectivity index (χ2v) is 6.74. The van der Waals surface area contributed by atoms with Crippen molar-refractivity contribution in [1.82, 2.24) is 19.6 Å². The van der Waals surface area contributed by atoms with Crippen LogP contribution in [0.1, 0.15) is 0 Å². The number of aromatic nitrogens is 4. The predicted octanol–water partition coefficient (Wildman–Crippen LogP) is 5.62. The van der Waals surface area contributed by atoms with Gasteiger partial charge in [-0.15, -0.1) is 10.2 Å². The van der Waals surface area contributed by atoms with Crippen molar-refractivity contribution in [1.29, 1.82) is 0 Å². The molecule has 0 N–H and O–H groups in total. The van der Waals surface area contributed by atoms with Crippen LogP contribution in [0.3, 0.4) is 0 Å². The third-order valence-corrected chi connectivity index (χ3v) is 4.69. The summed E-state index contributed by atoms with van der Waals surface area (Å²) in [4.78, 5) is 4.09. The minimum Gasteiger partial charge on any atom is -0.439 e. The van der Waals surface area contributed by atoms with Crippen LogP contribution in [0.4, 0.5) is 17.6 Å². The highest BCUT2D eigenvalue weighted by Gasteiger charge is 2.15. The molecule has 0 unspecified atom stereocenters. The molecule has 0 spiro atoms. The Hall–Kier alpha value is -4.21. The van der Waals surface area contributed by atoms with Crippen molar-refractivity contribution in [3.05, 3.63) is 78.6 Å². The van der Waals surface area contributed by atoms with E-state index in [-0.39, 0.29) is 11.6 Å². The lowest BCUT2D eigenvalue weighted by molar-refractivity contribution is -0.0498. The van der Waals surface area contributed by atoms with Gasteiger partial charge in [-0.25, -0.2) is 13.2 Å². The summed E-state index contributed by atoms with van der Waals surface area (Å²) in [6.45, 7) is -2.92. The van der Waals surface area contributed by atoms with E-state index >= 15 is 0 Å². The molecule has 3 aromatic carbocycles. The summed E-state index contributed by atoms with van der Waals surface area (Å²) >= 11 is 0. The maximum Gasteiger partial charge on any atom is 0.387 e. The summed E-state index contributed by atoms with van der Waals surface area (Å²) in [6.07, 6.45) is 2.93. The van der Waals surface area contributed by atoms with Gasteiger partial charge in [-0.3, -0.25) is 4.98 Å². The first-order valence-electron chi connectivity index (χ1n) is 9.29. The molecular weight excluding hydrogens is 428 g/mol. The molecule has 10 heteroatoms. The summed E-state index contributed by atoms with van der Waals surface area (Å²) in [7, 11) is 0. The fraction of sp³-hybridized carbons (Fsp3) is 0.0455. The van der Waals surface area contributed by atoms with E-state index in [1.54, 1.807) is 34.7 Å². The topological polar surface area (TPSA) is 61.5 Å². The van der Waals surface area contributed by atoms with Crippen LogP contribution in [0, 0.1) is 11.6 Å². The van der Waals surface area contributed by atoms with Crippen molar-refractivity contribution < 1.29 is 27.0 Å². The van der Waals surface area contributed by atoms with Crippen LogP contribution in [-0.4, -0.2) is 26.2 Å². The van der Waals surface area contributed by atoms with Gasteiger partial charge in [0.05, 0.1) is 12.4 Å². The minimum absolute atomic E-state index is 0.00976. The van der Waals surface area contributed by atoms with E-state index in [0.29, 0.717) is 33.6 Å². The molecular formula is C22H12F4N4O2. The lowest BCUT2D eigenvalue weighted by atomic mass is 10.1. The number of rotatable bonds is 5. The van der Waals surface area contributed by atoms with Crippen LogP contribution in [-0.2, 0) is 0 Å². The van der Waals surface area contributed by atoms with Gasteiger partial charge in [-0.2, -0.15) is 8.78 Å². The fourth-order valence-corrected chi connectivity index (χ4v) is 3.27. The molecule has 0 bridgehead atoms. The number of halogens is 4. The standard InChI is InChI=1S/C22H12F4N4O2/c23-17-8-13-3-6-16(7-14(13)9-18(17)24)31-20-11-27-10-19-28-29-21(30(19)20)12-1-4-15(5-2-12)32-22(25)26/h1-11,22H. The molecule has 0 atom stereocenters. The van der Waals surface area contributed by atoms with Crippen LogP contribution in [0.15, 0.2) is 67.0 Å². The molecule has 0 saturated carbocycles. The first-order chi connectivity index (χ1) is 15.5. The van der Waals surface area contributed by atoms with Crippen LogP contribution >= 0.6 is 0 Å². The van der Waals surface area contributed by atoms with Gasteiger partial charge < -0.3 is 9.47 Å². The third-order valence-electron chi connectivity index (χ3n) is 4.69. The van der Waals surface area contributed by atoms with E-state index < -0.39 is 18.2 Å². The smallest absolute Gasteiger partial charge is 0.387 e. The Morgan fingerprint density at radius 3 is 2.25 bits per heavy atom. The highest BCUT2D eigenvalue weighted by atomic mass is 19.3. The average molecular weight is 440 g/mol. The van der Waals surface area contributed by atoms with Crippen LogP contribution in [0.2, 0.25) is 0 Å². The number of hydrogen-bond acceptors (Lipinski definition) is 5. The molecule has 0 aliphatic carbocycles. The van der Waals surface area contributed by atoms with Gasteiger partial charge in [-0.05, 0) is 59.3 Å². The Morgan fingerprint density at radius 2 is 1.50 bits per heavy atom. The van der Waals surface area contributed by atoms with Crippen molar-refractivity contribution in [2.24, 2.45) is 0 Å². The molecule has 0 aliphatic rings. The summed E-state index contributed by atoms with van der Waals surface area (Å²) in [6, 6.07) is 12.9. The average Bonchev–Trinajstić information content (AvgIpc) is 3.20. The van der Waals surface area contributed by atoms with Gasteiger partial charge >= 0.3 is 6.61 Å². The van der Waals surface area contributed by atoms with Gasteiger partial charge in [-0.1, -0.05) is 6.07 Å². The van der Waals surface area contributed by atoms with Crippen molar-refractivity contribution in [3.63, 3.8) is 0 Å². The third kappa shape index (κ3) is 3.66. The van der Waals surface area contributed by atoms with E-state index in [0.717, 1.165) is 12.1 Å². The number of nitrogens with zero attached hydrogens (tertiary/aromatic N) is 4. The summed E-state index contributed by atoms with van der Waals surface area (Å²) < 4.78 is 63.8. The normalized spacial score (nSPS) is 11.4. The van der Waals surface area contributed by atoms with Crippen molar-refractivity contribution in [2.45, 2.75) is 6.61 Å². The van der Waals surface area contributed by atoms with Gasteiger partial charge in [0.15, 0.2) is 23.1 Å². The summed E-state index contributed by atoms with van der Waals surface area (Å²) in [5.74, 6) is -0.876. The van der Waals surface area contributed by atoms with Gasteiger partial charge in [0, 0.05) is 5.56 Å². The van der Waals surface area contributed by atoms with Crippen LogP contribution in [0.5, 0.6) is 17.4 Å². The monoisotopic (exact) mass is 440 g/mol. The Labute approximate surface area is 177 Å². The fourth-order valence-electron chi connectivity index (χ4n) is 3.27. The van der Waals surface area contributed by atoms with Gasteiger partial charge in [0.1, 0.15) is 11.5 Å². The molecule has 5 aromatic rings. The molecule has 0 radical (unpaired) electrons. The number of alkyl halides is 2. The van der Waals surface area contributed by atoms with E-state index in [1.165, 1.54) is 24.5 Å².